The highest BCUT2D eigenvalue weighted by molar-refractivity contribution is 6.07. The summed E-state index contributed by atoms with van der Waals surface area (Å²) in [5, 5.41) is 10.8. The molecule has 0 atom stereocenters. The number of imidazole rings is 1. The number of carbonyl (C=O) groups excluding carboxylic acids is 1. The Balaban J connectivity index is 1.70. The second-order valence-corrected chi connectivity index (χ2v) is 7.44. The number of nitrogens with one attached hydrogen (secondary N) is 2. The number of benzene rings is 1. The molecule has 12 heteroatoms. The second kappa shape index (κ2) is 9.14. The van der Waals surface area contributed by atoms with Gasteiger partial charge in [-0.3, -0.25) is 19.8 Å². The first-order valence-corrected chi connectivity index (χ1v) is 10.1. The highest BCUT2D eigenvalue weighted by atomic mass is 19.4. The van der Waals surface area contributed by atoms with E-state index >= 15 is 0 Å². The molecule has 1 fully saturated rings. The Bertz CT molecular complexity index is 1190. The SMILES string of the molecule is N=C(c1cnc(C(=O)N2CCCOCC2)cc1NCC(F)(F)F)n1cnc2ccc(F)cc21. The van der Waals surface area contributed by atoms with Crippen LogP contribution in [0.3, 0.4) is 0 Å². The third-order valence-electron chi connectivity index (χ3n) is 5.12. The third-order valence-corrected chi connectivity index (χ3v) is 5.12. The molecule has 0 saturated carbocycles. The molecule has 0 aliphatic carbocycles. The number of ether oxygens (including phenoxy) is 1. The molecule has 1 saturated heterocycles. The van der Waals surface area contributed by atoms with Crippen molar-refractivity contribution in [3.63, 3.8) is 0 Å². The largest absolute Gasteiger partial charge is 0.405 e. The summed E-state index contributed by atoms with van der Waals surface area (Å²) in [7, 11) is 0. The number of aromatic nitrogens is 3. The van der Waals surface area contributed by atoms with Crippen molar-refractivity contribution in [1.82, 2.24) is 19.4 Å². The number of fused-ring (bicyclic) bond motifs is 1. The van der Waals surface area contributed by atoms with Crippen LogP contribution >= 0.6 is 0 Å². The van der Waals surface area contributed by atoms with E-state index in [9.17, 15) is 22.4 Å². The maximum atomic E-state index is 13.7. The number of anilines is 1. The highest BCUT2D eigenvalue weighted by Gasteiger charge is 2.28. The van der Waals surface area contributed by atoms with Crippen molar-refractivity contribution in [2.24, 2.45) is 0 Å². The zero-order valence-corrected chi connectivity index (χ0v) is 17.3. The second-order valence-electron chi connectivity index (χ2n) is 7.44. The lowest BCUT2D eigenvalue weighted by Gasteiger charge is -2.20. The Hall–Kier alpha value is -3.54. The van der Waals surface area contributed by atoms with Crippen LogP contribution in [0.2, 0.25) is 0 Å². The number of halogens is 4. The maximum Gasteiger partial charge on any atom is 0.405 e. The summed E-state index contributed by atoms with van der Waals surface area (Å²) in [6.07, 6.45) is -1.46. The van der Waals surface area contributed by atoms with E-state index in [4.69, 9.17) is 10.1 Å². The number of alkyl halides is 3. The number of amides is 1. The first-order valence-electron chi connectivity index (χ1n) is 10.1. The van der Waals surface area contributed by atoms with Crippen molar-refractivity contribution in [3.05, 3.63) is 53.9 Å². The standard InChI is InChI=1S/C21H20F4N6O2/c22-13-2-3-15-18(8-13)31(12-29-15)19(26)14-10-27-17(9-16(14)28-11-21(23,24)25)20(32)30-4-1-6-33-7-5-30/h2-3,8-10,12,26H,1,4-7,11H2,(H,27,28). The first-order chi connectivity index (χ1) is 15.7. The molecule has 8 nitrogen and oxygen atoms in total. The average molecular weight is 464 g/mol. The van der Waals surface area contributed by atoms with Gasteiger partial charge in [0.05, 0.1) is 23.2 Å². The predicted octanol–water partition coefficient (Wildman–Crippen LogP) is 3.28. The lowest BCUT2D eigenvalue weighted by atomic mass is 10.1. The minimum absolute atomic E-state index is 0.00133. The lowest BCUT2D eigenvalue weighted by Crippen LogP contribution is -2.34. The zero-order chi connectivity index (χ0) is 23.6. The van der Waals surface area contributed by atoms with Crippen molar-refractivity contribution >= 4 is 28.5 Å². The molecule has 1 aliphatic rings. The molecule has 0 radical (unpaired) electrons. The molecular formula is C21H20F4N6O2. The predicted molar refractivity (Wildman–Crippen MR) is 112 cm³/mol. The van der Waals surface area contributed by atoms with Crippen LogP contribution in [0.1, 0.15) is 22.5 Å². The summed E-state index contributed by atoms with van der Waals surface area (Å²) >= 11 is 0. The van der Waals surface area contributed by atoms with E-state index in [0.717, 1.165) is 6.20 Å². The van der Waals surface area contributed by atoms with Gasteiger partial charge in [0, 0.05) is 37.6 Å². The molecule has 2 aromatic heterocycles. The van der Waals surface area contributed by atoms with Gasteiger partial charge in [-0.2, -0.15) is 13.2 Å². The van der Waals surface area contributed by atoms with Gasteiger partial charge < -0.3 is 15.0 Å². The topological polar surface area (TPSA) is 96.1 Å². The Morgan fingerprint density at radius 3 is 2.79 bits per heavy atom. The Morgan fingerprint density at radius 2 is 2.00 bits per heavy atom. The van der Waals surface area contributed by atoms with Gasteiger partial charge in [-0.1, -0.05) is 0 Å². The zero-order valence-electron chi connectivity index (χ0n) is 17.3. The minimum atomic E-state index is -4.53. The van der Waals surface area contributed by atoms with Gasteiger partial charge in [-0.15, -0.1) is 0 Å². The molecule has 1 aliphatic heterocycles. The molecule has 4 rings (SSSR count). The molecule has 0 unspecified atom stereocenters. The van der Waals surface area contributed by atoms with Crippen LogP contribution in [0.25, 0.3) is 11.0 Å². The quantitative estimate of drug-likeness (QED) is 0.351. The minimum Gasteiger partial charge on any atom is -0.380 e. The summed E-state index contributed by atoms with van der Waals surface area (Å²) in [4.78, 5) is 22.6. The molecule has 33 heavy (non-hydrogen) atoms. The number of carbonyl (C=O) groups is 1. The number of pyridine rings is 1. The van der Waals surface area contributed by atoms with E-state index in [0.29, 0.717) is 38.2 Å². The number of rotatable bonds is 4. The lowest BCUT2D eigenvalue weighted by molar-refractivity contribution is -0.115. The molecule has 3 heterocycles. The van der Waals surface area contributed by atoms with Crippen LogP contribution in [0.15, 0.2) is 36.8 Å². The fourth-order valence-electron chi connectivity index (χ4n) is 3.50. The highest BCUT2D eigenvalue weighted by Crippen LogP contribution is 2.24. The fourth-order valence-corrected chi connectivity index (χ4v) is 3.50. The molecule has 174 valence electrons. The monoisotopic (exact) mass is 464 g/mol. The maximum absolute atomic E-state index is 13.7. The Labute approximate surface area is 185 Å². The number of nitrogens with zero attached hydrogens (tertiary/aromatic N) is 4. The third kappa shape index (κ3) is 5.11. The van der Waals surface area contributed by atoms with Gasteiger partial charge in [0.15, 0.2) is 0 Å². The van der Waals surface area contributed by atoms with Gasteiger partial charge in [0.25, 0.3) is 5.91 Å². The molecule has 1 amide bonds. The summed E-state index contributed by atoms with van der Waals surface area (Å²) in [6, 6.07) is 5.02. The van der Waals surface area contributed by atoms with Crippen LogP contribution < -0.4 is 5.32 Å². The van der Waals surface area contributed by atoms with Crippen LogP contribution in [0.4, 0.5) is 23.2 Å². The van der Waals surface area contributed by atoms with E-state index in [1.165, 1.54) is 40.1 Å². The Kier molecular flexibility index (Phi) is 6.27. The molecule has 2 N–H and O–H groups in total. The van der Waals surface area contributed by atoms with Gasteiger partial charge in [0.2, 0.25) is 0 Å². The summed E-state index contributed by atoms with van der Waals surface area (Å²) in [5.74, 6) is -1.26. The van der Waals surface area contributed by atoms with Gasteiger partial charge >= 0.3 is 6.18 Å². The van der Waals surface area contributed by atoms with E-state index < -0.39 is 24.4 Å². The van der Waals surface area contributed by atoms with E-state index in [-0.39, 0.29) is 28.3 Å². The van der Waals surface area contributed by atoms with Crippen LogP contribution in [0.5, 0.6) is 0 Å². The van der Waals surface area contributed by atoms with Crippen LogP contribution in [-0.4, -0.2) is 70.2 Å². The van der Waals surface area contributed by atoms with E-state index in [2.05, 4.69) is 15.3 Å². The summed E-state index contributed by atoms with van der Waals surface area (Å²) in [5.41, 5.74) is 0.527. The van der Waals surface area contributed by atoms with Crippen molar-refractivity contribution < 1.29 is 27.1 Å². The molecule has 3 aromatic rings. The van der Waals surface area contributed by atoms with Crippen molar-refractivity contribution in [2.75, 3.05) is 38.2 Å². The Morgan fingerprint density at radius 1 is 1.18 bits per heavy atom. The molecule has 1 aromatic carbocycles. The smallest absolute Gasteiger partial charge is 0.380 e. The first kappa shape index (κ1) is 22.6. The van der Waals surface area contributed by atoms with Gasteiger partial charge in [0.1, 0.15) is 30.2 Å². The fraction of sp³-hybridized carbons (Fsp3) is 0.333. The summed E-state index contributed by atoms with van der Waals surface area (Å²) < 4.78 is 59.0. The van der Waals surface area contributed by atoms with E-state index in [1.54, 1.807) is 0 Å². The van der Waals surface area contributed by atoms with Crippen LogP contribution in [-0.2, 0) is 4.74 Å². The van der Waals surface area contributed by atoms with Gasteiger partial charge in [-0.05, 0) is 24.6 Å². The average Bonchev–Trinajstić information content (AvgIpc) is 3.00. The normalized spacial score (nSPS) is 14.8. The number of hydrogen-bond donors (Lipinski definition) is 2. The number of hydrogen-bond acceptors (Lipinski definition) is 6. The van der Waals surface area contributed by atoms with Crippen molar-refractivity contribution in [3.8, 4) is 0 Å². The van der Waals surface area contributed by atoms with Gasteiger partial charge in [-0.25, -0.2) is 9.37 Å². The van der Waals surface area contributed by atoms with E-state index in [1.807, 2.05) is 0 Å². The molecule has 0 bridgehead atoms. The van der Waals surface area contributed by atoms with Crippen molar-refractivity contribution in [2.45, 2.75) is 12.6 Å². The molecule has 0 spiro atoms. The van der Waals surface area contributed by atoms with Crippen LogP contribution in [0, 0.1) is 11.2 Å². The summed E-state index contributed by atoms with van der Waals surface area (Å²) in [6.45, 7) is 0.289. The van der Waals surface area contributed by atoms with Crippen molar-refractivity contribution in [1.29, 1.82) is 5.41 Å². The molecular weight excluding hydrogens is 444 g/mol.